The van der Waals surface area contributed by atoms with Crippen molar-refractivity contribution in [3.05, 3.63) is 36.9 Å². The van der Waals surface area contributed by atoms with E-state index < -0.39 is 17.5 Å². The zero-order chi connectivity index (χ0) is 21.4. The molecule has 2 aromatic rings. The summed E-state index contributed by atoms with van der Waals surface area (Å²) in [7, 11) is 0. The number of anilines is 1. The summed E-state index contributed by atoms with van der Waals surface area (Å²) < 4.78 is 44.5. The van der Waals surface area contributed by atoms with Crippen LogP contribution in [0.2, 0.25) is 0 Å². The third-order valence-corrected chi connectivity index (χ3v) is 5.93. The molecule has 1 atom stereocenters. The molecule has 1 aliphatic carbocycles. The predicted molar refractivity (Wildman–Crippen MR) is 102 cm³/mol. The Morgan fingerprint density at radius 2 is 2.03 bits per heavy atom. The van der Waals surface area contributed by atoms with Gasteiger partial charge in [0.2, 0.25) is 11.8 Å². The highest BCUT2D eigenvalue weighted by molar-refractivity contribution is 5.91. The van der Waals surface area contributed by atoms with Gasteiger partial charge in [0.05, 0.1) is 11.6 Å². The van der Waals surface area contributed by atoms with Crippen molar-refractivity contribution >= 4 is 11.6 Å². The zero-order valence-corrected chi connectivity index (χ0v) is 16.2. The predicted octanol–water partition coefficient (Wildman–Crippen LogP) is 3.61. The number of halogens is 3. The Labute approximate surface area is 171 Å². The van der Waals surface area contributed by atoms with Gasteiger partial charge in [0.1, 0.15) is 5.41 Å². The molecule has 0 bridgehead atoms. The molecule has 2 aromatic heterocycles. The maximum absolute atomic E-state index is 12.9. The molecule has 30 heavy (non-hydrogen) atoms. The fraction of sp³-hybridized carbons (Fsp3) is 0.500. The topological polar surface area (TPSA) is 92.9 Å². The molecule has 1 unspecified atom stereocenters. The zero-order valence-electron chi connectivity index (χ0n) is 16.2. The largest absolute Gasteiger partial charge is 0.418 e. The van der Waals surface area contributed by atoms with E-state index in [-0.39, 0.29) is 36.6 Å². The molecule has 1 saturated heterocycles. The molecule has 2 fully saturated rings. The lowest BCUT2D eigenvalue weighted by molar-refractivity contribution is -0.182. The first-order valence-electron chi connectivity index (χ1n) is 9.88. The number of alkyl halides is 3. The third-order valence-electron chi connectivity index (χ3n) is 5.93. The van der Waals surface area contributed by atoms with Crippen molar-refractivity contribution in [3.8, 4) is 11.6 Å². The van der Waals surface area contributed by atoms with Crippen LogP contribution in [-0.4, -0.2) is 39.9 Å². The number of carbonyl (C=O) groups excluding carboxylic acids is 1. The Morgan fingerprint density at radius 3 is 2.67 bits per heavy atom. The van der Waals surface area contributed by atoms with Crippen LogP contribution in [0.25, 0.3) is 11.6 Å². The lowest BCUT2D eigenvalue weighted by Gasteiger charge is -2.31. The normalized spacial score (nSPS) is 27.0. The third kappa shape index (κ3) is 3.66. The maximum Gasteiger partial charge on any atom is 0.391 e. The molecule has 2 N–H and O–H groups in total. The lowest BCUT2D eigenvalue weighted by atomic mass is 9.85. The molecule has 160 valence electrons. The number of aromatic nitrogens is 3. The molecule has 4 rings (SSSR count). The molecule has 0 aromatic carbocycles. The second-order valence-electron chi connectivity index (χ2n) is 7.73. The van der Waals surface area contributed by atoms with Gasteiger partial charge >= 0.3 is 6.18 Å². The Bertz CT molecular complexity index is 937. The van der Waals surface area contributed by atoms with E-state index >= 15 is 0 Å². The Balaban J connectivity index is 1.53. The van der Waals surface area contributed by atoms with Gasteiger partial charge in [-0.25, -0.2) is 4.98 Å². The number of amides is 1. The van der Waals surface area contributed by atoms with Crippen molar-refractivity contribution in [2.24, 2.45) is 5.92 Å². The standard InChI is InChI=1S/C20H22F3N5O2/c1-2-19(9-11-25-17(19)29)18-28-27-16(30-18)15-14(4-3-10-24-15)26-13-7-5-12(6-8-13)20(21,22)23/h2-4,10,12-13,26H,1,5-9,11H2,(H,25,29). The molecule has 2 aliphatic rings. The van der Waals surface area contributed by atoms with Crippen molar-refractivity contribution < 1.29 is 22.4 Å². The van der Waals surface area contributed by atoms with Crippen molar-refractivity contribution in [1.29, 1.82) is 0 Å². The van der Waals surface area contributed by atoms with E-state index in [9.17, 15) is 18.0 Å². The Morgan fingerprint density at radius 1 is 1.27 bits per heavy atom. The lowest BCUT2D eigenvalue weighted by Crippen LogP contribution is -2.33. The van der Waals surface area contributed by atoms with Crippen LogP contribution in [0.5, 0.6) is 0 Å². The summed E-state index contributed by atoms with van der Waals surface area (Å²) in [6, 6.07) is 3.39. The van der Waals surface area contributed by atoms with E-state index in [0.29, 0.717) is 37.2 Å². The van der Waals surface area contributed by atoms with Gasteiger partial charge in [0, 0.05) is 18.8 Å². The summed E-state index contributed by atoms with van der Waals surface area (Å²) in [4.78, 5) is 16.6. The summed E-state index contributed by atoms with van der Waals surface area (Å²) in [5.74, 6) is -1.20. The molecular formula is C20H22F3N5O2. The SMILES string of the molecule is C=CC1(c2nnc(-c3ncccc3NC3CCC(C(F)(F)F)CC3)o2)CCNC1=O. The van der Waals surface area contributed by atoms with E-state index in [1.807, 2.05) is 0 Å². The van der Waals surface area contributed by atoms with Crippen LogP contribution in [0.15, 0.2) is 35.4 Å². The van der Waals surface area contributed by atoms with Crippen LogP contribution in [-0.2, 0) is 10.2 Å². The highest BCUT2D eigenvalue weighted by atomic mass is 19.4. The smallest absolute Gasteiger partial charge is 0.391 e. The molecule has 1 aliphatic heterocycles. The van der Waals surface area contributed by atoms with Gasteiger partial charge in [0.25, 0.3) is 5.89 Å². The van der Waals surface area contributed by atoms with Crippen molar-refractivity contribution in [1.82, 2.24) is 20.5 Å². The molecule has 1 amide bonds. The average Bonchev–Trinajstić information content (AvgIpc) is 3.35. The first-order chi connectivity index (χ1) is 14.3. The van der Waals surface area contributed by atoms with Crippen LogP contribution >= 0.6 is 0 Å². The Kier molecular flexibility index (Phi) is 5.25. The molecular weight excluding hydrogens is 399 g/mol. The number of nitrogens with one attached hydrogen (secondary N) is 2. The fourth-order valence-electron chi connectivity index (χ4n) is 4.11. The van der Waals surface area contributed by atoms with Crippen molar-refractivity contribution in [2.45, 2.75) is 49.7 Å². The van der Waals surface area contributed by atoms with E-state index in [1.54, 1.807) is 18.3 Å². The van der Waals surface area contributed by atoms with Gasteiger partial charge in [-0.3, -0.25) is 4.79 Å². The van der Waals surface area contributed by atoms with Gasteiger partial charge in [0.15, 0.2) is 5.69 Å². The molecule has 1 saturated carbocycles. The summed E-state index contributed by atoms with van der Waals surface area (Å²) in [6.45, 7) is 4.23. The van der Waals surface area contributed by atoms with E-state index in [1.165, 1.54) is 6.08 Å². The highest BCUT2D eigenvalue weighted by Crippen LogP contribution is 2.39. The van der Waals surface area contributed by atoms with Crippen LogP contribution in [0.1, 0.15) is 38.0 Å². The molecule has 0 spiro atoms. The van der Waals surface area contributed by atoms with Crippen LogP contribution in [0.4, 0.5) is 18.9 Å². The Hall–Kier alpha value is -2.91. The molecule has 7 nitrogen and oxygen atoms in total. The number of hydrogen-bond donors (Lipinski definition) is 2. The van der Waals surface area contributed by atoms with E-state index in [2.05, 4.69) is 32.4 Å². The number of rotatable bonds is 5. The minimum atomic E-state index is -4.14. The second kappa shape index (κ2) is 7.73. The summed E-state index contributed by atoms with van der Waals surface area (Å²) in [5.41, 5.74) is -0.0673. The summed E-state index contributed by atoms with van der Waals surface area (Å²) in [5, 5.41) is 14.1. The minimum Gasteiger partial charge on any atom is -0.418 e. The van der Waals surface area contributed by atoms with Crippen LogP contribution < -0.4 is 10.6 Å². The van der Waals surface area contributed by atoms with Gasteiger partial charge in [-0.15, -0.1) is 16.8 Å². The average molecular weight is 421 g/mol. The fourth-order valence-corrected chi connectivity index (χ4v) is 4.11. The first-order valence-corrected chi connectivity index (χ1v) is 9.88. The minimum absolute atomic E-state index is 0.0957. The van der Waals surface area contributed by atoms with E-state index in [4.69, 9.17) is 4.42 Å². The number of hydrogen-bond acceptors (Lipinski definition) is 6. The van der Waals surface area contributed by atoms with Gasteiger partial charge in [-0.1, -0.05) is 6.08 Å². The summed E-state index contributed by atoms with van der Waals surface area (Å²) >= 11 is 0. The van der Waals surface area contributed by atoms with Gasteiger partial charge in [-0.05, 0) is 44.2 Å². The van der Waals surface area contributed by atoms with Gasteiger partial charge in [-0.2, -0.15) is 13.2 Å². The number of nitrogens with zero attached hydrogens (tertiary/aromatic N) is 3. The molecule has 10 heteroatoms. The maximum atomic E-state index is 12.9. The second-order valence-corrected chi connectivity index (χ2v) is 7.73. The summed E-state index contributed by atoms with van der Waals surface area (Å²) in [6.07, 6.45) is 0.405. The monoisotopic (exact) mass is 421 g/mol. The number of carbonyl (C=O) groups is 1. The van der Waals surface area contributed by atoms with Gasteiger partial charge < -0.3 is 15.1 Å². The first kappa shape index (κ1) is 20.4. The van der Waals surface area contributed by atoms with E-state index in [0.717, 1.165) is 0 Å². The number of pyridine rings is 1. The quantitative estimate of drug-likeness (QED) is 0.717. The van der Waals surface area contributed by atoms with Crippen molar-refractivity contribution in [3.63, 3.8) is 0 Å². The molecule has 0 radical (unpaired) electrons. The highest BCUT2D eigenvalue weighted by Gasteiger charge is 2.46. The van der Waals surface area contributed by atoms with Crippen LogP contribution in [0.3, 0.4) is 0 Å². The van der Waals surface area contributed by atoms with Crippen LogP contribution in [0, 0.1) is 5.92 Å². The van der Waals surface area contributed by atoms with Crippen molar-refractivity contribution in [2.75, 3.05) is 11.9 Å². The molecule has 3 heterocycles.